The van der Waals surface area contributed by atoms with Crippen molar-refractivity contribution in [2.45, 2.75) is 12.1 Å². The number of benzene rings is 2. The number of carbonyl (C=O) groups excluding carboxylic acids is 1. The van der Waals surface area contributed by atoms with Gasteiger partial charge in [-0.25, -0.2) is 0 Å². The van der Waals surface area contributed by atoms with Crippen LogP contribution in [0.4, 0.5) is 5.69 Å². The fourth-order valence-electron chi connectivity index (χ4n) is 3.21. The zero-order valence-electron chi connectivity index (χ0n) is 16.6. The van der Waals surface area contributed by atoms with Crippen LogP contribution in [0.1, 0.15) is 5.56 Å². The van der Waals surface area contributed by atoms with E-state index in [2.05, 4.69) is 15.5 Å². The maximum Gasteiger partial charge on any atom is 0.234 e. The lowest BCUT2D eigenvalue weighted by Gasteiger charge is -2.11. The smallest absolute Gasteiger partial charge is 0.234 e. The summed E-state index contributed by atoms with van der Waals surface area (Å²) in [4.78, 5) is 12.6. The number of thioether (sulfide) groups is 1. The summed E-state index contributed by atoms with van der Waals surface area (Å²) < 4.78 is 12.5. The molecule has 2 aromatic heterocycles. The van der Waals surface area contributed by atoms with E-state index in [0.717, 1.165) is 22.1 Å². The van der Waals surface area contributed by atoms with Gasteiger partial charge in [-0.3, -0.25) is 9.20 Å². The summed E-state index contributed by atoms with van der Waals surface area (Å²) in [5.74, 6) is 1.15. The van der Waals surface area contributed by atoms with Crippen LogP contribution in [0.25, 0.3) is 16.6 Å². The minimum Gasteiger partial charge on any atom is -0.497 e. The molecule has 1 amide bonds. The summed E-state index contributed by atoms with van der Waals surface area (Å²) in [6, 6.07) is 12.9. The van der Waals surface area contributed by atoms with Crippen LogP contribution < -0.4 is 14.8 Å². The first kappa shape index (κ1) is 20.3. The van der Waals surface area contributed by atoms with Gasteiger partial charge in [0.25, 0.3) is 0 Å². The summed E-state index contributed by atoms with van der Waals surface area (Å²) in [5.41, 5.74) is 3.27. The number of nitrogens with zero attached hydrogens (tertiary/aromatic N) is 3. The largest absolute Gasteiger partial charge is 0.497 e. The van der Waals surface area contributed by atoms with Crippen molar-refractivity contribution in [2.24, 2.45) is 0 Å². The zero-order valence-corrected chi connectivity index (χ0v) is 18.2. The first-order chi connectivity index (χ1) is 14.5. The van der Waals surface area contributed by atoms with Crippen molar-refractivity contribution in [1.82, 2.24) is 14.6 Å². The molecule has 2 aromatic carbocycles. The van der Waals surface area contributed by atoms with Gasteiger partial charge in [0.05, 0.1) is 31.2 Å². The van der Waals surface area contributed by atoms with Crippen molar-refractivity contribution < 1.29 is 14.3 Å². The predicted molar refractivity (Wildman–Crippen MR) is 119 cm³/mol. The molecule has 0 saturated heterocycles. The molecule has 0 spiro atoms. The fraction of sp³-hybridized carbons (Fsp3) is 0.190. The monoisotopic (exact) mass is 442 g/mol. The Bertz CT molecular complexity index is 1260. The molecule has 0 fully saturated rings. The Labute approximate surface area is 182 Å². The Morgan fingerprint density at radius 2 is 1.97 bits per heavy atom. The average molecular weight is 443 g/mol. The molecule has 2 heterocycles. The highest BCUT2D eigenvalue weighted by Crippen LogP contribution is 2.30. The molecule has 1 N–H and O–H groups in total. The minimum absolute atomic E-state index is 0.157. The molecule has 0 bridgehead atoms. The van der Waals surface area contributed by atoms with Gasteiger partial charge in [0.1, 0.15) is 11.5 Å². The highest BCUT2D eigenvalue weighted by molar-refractivity contribution is 7.99. The van der Waals surface area contributed by atoms with E-state index in [1.807, 2.05) is 35.6 Å². The topological polar surface area (TPSA) is 77.8 Å². The number of ether oxygens (including phenoxy) is 2. The second-order valence-corrected chi connectivity index (χ2v) is 7.95. The molecule has 0 unspecified atom stereocenters. The van der Waals surface area contributed by atoms with Crippen molar-refractivity contribution in [1.29, 1.82) is 0 Å². The molecule has 4 aromatic rings. The van der Waals surface area contributed by atoms with Crippen molar-refractivity contribution in [2.75, 3.05) is 25.3 Å². The van der Waals surface area contributed by atoms with Gasteiger partial charge < -0.3 is 14.8 Å². The molecule has 0 aliphatic carbocycles. The number of amides is 1. The highest BCUT2D eigenvalue weighted by atomic mass is 35.5. The van der Waals surface area contributed by atoms with Crippen LogP contribution in [-0.4, -0.2) is 40.5 Å². The average Bonchev–Trinajstić information content (AvgIpc) is 3.15. The number of halogens is 1. The standard InChI is InChI=1S/C21H19ClN4O3S/c1-12-8-19-24-25-21(26(19)17-6-4-13(22)9-15(12)17)30-11-20(27)23-16-10-14(28-2)5-7-18(16)29-3/h4-10H,11H2,1-3H3,(H,23,27). The first-order valence-corrected chi connectivity index (χ1v) is 10.4. The van der Waals surface area contributed by atoms with Gasteiger partial charge in [-0.15, -0.1) is 10.2 Å². The van der Waals surface area contributed by atoms with E-state index >= 15 is 0 Å². The van der Waals surface area contributed by atoms with Crippen LogP contribution in [0.15, 0.2) is 47.6 Å². The molecule has 0 saturated carbocycles. The van der Waals surface area contributed by atoms with E-state index < -0.39 is 0 Å². The van der Waals surface area contributed by atoms with Crippen LogP contribution >= 0.6 is 23.4 Å². The number of fused-ring (bicyclic) bond motifs is 3. The van der Waals surface area contributed by atoms with E-state index in [-0.39, 0.29) is 11.7 Å². The number of anilines is 1. The number of hydrogen-bond donors (Lipinski definition) is 1. The quantitative estimate of drug-likeness (QED) is 0.440. The summed E-state index contributed by atoms with van der Waals surface area (Å²) in [6.07, 6.45) is 0. The summed E-state index contributed by atoms with van der Waals surface area (Å²) in [5, 5.41) is 13.7. The Morgan fingerprint density at radius 1 is 1.13 bits per heavy atom. The molecule has 0 aliphatic heterocycles. The third-order valence-electron chi connectivity index (χ3n) is 4.64. The molecule has 154 valence electrons. The lowest BCUT2D eigenvalue weighted by Crippen LogP contribution is -2.15. The Hall–Kier alpha value is -2.97. The van der Waals surface area contributed by atoms with Gasteiger partial charge in [0, 0.05) is 16.5 Å². The number of methoxy groups -OCH3 is 2. The van der Waals surface area contributed by atoms with Gasteiger partial charge in [-0.1, -0.05) is 23.4 Å². The normalized spacial score (nSPS) is 11.1. The Balaban J connectivity index is 1.58. The summed E-state index contributed by atoms with van der Waals surface area (Å²) in [7, 11) is 3.12. The number of carbonyl (C=O) groups is 1. The maximum absolute atomic E-state index is 12.6. The van der Waals surface area contributed by atoms with Crippen LogP contribution in [-0.2, 0) is 4.79 Å². The van der Waals surface area contributed by atoms with Gasteiger partial charge >= 0.3 is 0 Å². The molecular formula is C21H19ClN4O3S. The maximum atomic E-state index is 12.6. The number of nitrogens with one attached hydrogen (secondary N) is 1. The van der Waals surface area contributed by atoms with E-state index in [1.165, 1.54) is 11.8 Å². The molecule has 30 heavy (non-hydrogen) atoms. The Kier molecular flexibility index (Phi) is 5.69. The second kappa shape index (κ2) is 8.41. The second-order valence-electron chi connectivity index (χ2n) is 6.57. The molecule has 0 aliphatic rings. The number of aryl methyl sites for hydroxylation is 1. The summed E-state index contributed by atoms with van der Waals surface area (Å²) >= 11 is 7.47. The van der Waals surface area contributed by atoms with Crippen molar-refractivity contribution >= 4 is 51.5 Å². The number of pyridine rings is 1. The van der Waals surface area contributed by atoms with E-state index in [9.17, 15) is 4.79 Å². The van der Waals surface area contributed by atoms with Crippen LogP contribution in [0, 0.1) is 6.92 Å². The fourth-order valence-corrected chi connectivity index (χ4v) is 4.14. The third kappa shape index (κ3) is 3.88. The highest BCUT2D eigenvalue weighted by Gasteiger charge is 2.15. The van der Waals surface area contributed by atoms with E-state index in [1.54, 1.807) is 32.4 Å². The van der Waals surface area contributed by atoms with Crippen LogP contribution in [0.2, 0.25) is 5.02 Å². The van der Waals surface area contributed by atoms with Gasteiger partial charge in [-0.05, 0) is 48.9 Å². The third-order valence-corrected chi connectivity index (χ3v) is 5.81. The van der Waals surface area contributed by atoms with Crippen LogP contribution in [0.3, 0.4) is 0 Å². The van der Waals surface area contributed by atoms with Crippen molar-refractivity contribution in [3.8, 4) is 11.5 Å². The number of aromatic nitrogens is 3. The predicted octanol–water partition coefficient (Wildman–Crippen LogP) is 4.59. The molecule has 4 rings (SSSR count). The molecular weight excluding hydrogens is 424 g/mol. The molecule has 7 nitrogen and oxygen atoms in total. The molecule has 0 atom stereocenters. The first-order valence-electron chi connectivity index (χ1n) is 9.09. The minimum atomic E-state index is -0.192. The number of rotatable bonds is 6. The van der Waals surface area contributed by atoms with E-state index in [0.29, 0.717) is 27.4 Å². The van der Waals surface area contributed by atoms with Crippen molar-refractivity contribution in [3.63, 3.8) is 0 Å². The molecule has 9 heteroatoms. The lowest BCUT2D eigenvalue weighted by atomic mass is 10.1. The number of hydrogen-bond acceptors (Lipinski definition) is 6. The Morgan fingerprint density at radius 3 is 2.73 bits per heavy atom. The van der Waals surface area contributed by atoms with Crippen LogP contribution in [0.5, 0.6) is 11.5 Å². The lowest BCUT2D eigenvalue weighted by molar-refractivity contribution is -0.113. The SMILES string of the molecule is COc1ccc(OC)c(NC(=O)CSc2nnc3cc(C)c4cc(Cl)ccc4n23)c1. The zero-order chi connectivity index (χ0) is 21.3. The van der Waals surface area contributed by atoms with Gasteiger partial charge in [0.2, 0.25) is 5.91 Å². The van der Waals surface area contributed by atoms with Crippen molar-refractivity contribution in [3.05, 3.63) is 53.1 Å². The summed E-state index contributed by atoms with van der Waals surface area (Å²) in [6.45, 7) is 2.01. The van der Waals surface area contributed by atoms with Gasteiger partial charge in [-0.2, -0.15) is 0 Å². The van der Waals surface area contributed by atoms with Gasteiger partial charge in [0.15, 0.2) is 10.8 Å². The molecule has 0 radical (unpaired) electrons. The van der Waals surface area contributed by atoms with E-state index in [4.69, 9.17) is 21.1 Å².